The molecule has 1 heterocycles. The average Bonchev–Trinajstić information content (AvgIpc) is 2.58. The smallest absolute Gasteiger partial charge is 0.228 e. The van der Waals surface area contributed by atoms with Crippen molar-refractivity contribution in [3.05, 3.63) is 29.8 Å². The Morgan fingerprint density at radius 3 is 2.53 bits per heavy atom. The maximum atomic E-state index is 11.6. The van der Waals surface area contributed by atoms with E-state index in [1.165, 1.54) is 5.56 Å². The third-order valence-corrected chi connectivity index (χ3v) is 3.03. The molecule has 0 spiro atoms. The molecule has 2 rings (SSSR count). The van der Waals surface area contributed by atoms with Crippen LogP contribution in [0.1, 0.15) is 18.9 Å². The van der Waals surface area contributed by atoms with E-state index in [0.717, 1.165) is 12.1 Å². The number of benzene rings is 1. The van der Waals surface area contributed by atoms with Crippen LogP contribution in [0.5, 0.6) is 0 Å². The minimum atomic E-state index is -0.0386. The number of anilines is 1. The van der Waals surface area contributed by atoms with E-state index in [1.54, 1.807) is 4.90 Å². The summed E-state index contributed by atoms with van der Waals surface area (Å²) in [6, 6.07) is 8.10. The third kappa shape index (κ3) is 2.15. The van der Waals surface area contributed by atoms with E-state index < -0.39 is 0 Å². The highest BCUT2D eigenvalue weighted by molar-refractivity contribution is 6.24. The maximum Gasteiger partial charge on any atom is 0.228 e. The Hall–Kier alpha value is -1.02. The van der Waals surface area contributed by atoms with Gasteiger partial charge in [-0.05, 0) is 24.1 Å². The topological polar surface area (TPSA) is 20.3 Å². The van der Waals surface area contributed by atoms with Crippen molar-refractivity contribution >= 4 is 23.2 Å². The summed E-state index contributed by atoms with van der Waals surface area (Å²) in [5, 5.41) is -0.0386. The third-order valence-electron chi connectivity index (χ3n) is 2.73. The molecule has 0 radical (unpaired) electrons. The lowest BCUT2D eigenvalue weighted by molar-refractivity contribution is -0.117. The molecule has 15 heavy (non-hydrogen) atoms. The Bertz CT molecular complexity index is 360. The summed E-state index contributed by atoms with van der Waals surface area (Å²) >= 11 is 5.95. The van der Waals surface area contributed by atoms with Crippen molar-refractivity contribution in [1.29, 1.82) is 0 Å². The van der Waals surface area contributed by atoms with Crippen molar-refractivity contribution in [2.24, 2.45) is 0 Å². The quantitative estimate of drug-likeness (QED) is 0.706. The molecule has 0 aromatic heterocycles. The number of aryl methyl sites for hydroxylation is 1. The van der Waals surface area contributed by atoms with Gasteiger partial charge in [0.2, 0.25) is 5.91 Å². The van der Waals surface area contributed by atoms with Crippen LogP contribution in [0.2, 0.25) is 0 Å². The Morgan fingerprint density at radius 1 is 1.40 bits per heavy atom. The van der Waals surface area contributed by atoms with E-state index in [-0.39, 0.29) is 11.3 Å². The van der Waals surface area contributed by atoms with Gasteiger partial charge in [0.1, 0.15) is 0 Å². The lowest BCUT2D eigenvalue weighted by Gasteiger charge is -2.15. The molecule has 0 saturated carbocycles. The van der Waals surface area contributed by atoms with Crippen molar-refractivity contribution in [2.45, 2.75) is 25.1 Å². The van der Waals surface area contributed by atoms with Gasteiger partial charge in [-0.1, -0.05) is 19.1 Å². The van der Waals surface area contributed by atoms with Crippen LogP contribution in [0.3, 0.4) is 0 Å². The Labute approximate surface area is 94.8 Å². The summed E-state index contributed by atoms with van der Waals surface area (Å²) in [7, 11) is 0. The van der Waals surface area contributed by atoms with Gasteiger partial charge in [0.05, 0.1) is 5.38 Å². The largest absolute Gasteiger partial charge is 0.311 e. The standard InChI is InChI=1S/C12H14ClNO/c1-2-9-3-5-11(6-4-9)14-8-10(13)7-12(14)15/h3-6,10H,2,7-8H2,1H3. The number of halogens is 1. The van der Waals surface area contributed by atoms with Crippen molar-refractivity contribution in [1.82, 2.24) is 0 Å². The average molecular weight is 224 g/mol. The van der Waals surface area contributed by atoms with Gasteiger partial charge in [0.25, 0.3) is 0 Å². The normalized spacial score (nSPS) is 21.1. The maximum absolute atomic E-state index is 11.6. The lowest BCUT2D eigenvalue weighted by Crippen LogP contribution is -2.24. The first kappa shape index (κ1) is 10.5. The second kappa shape index (κ2) is 4.23. The summed E-state index contributed by atoms with van der Waals surface area (Å²) < 4.78 is 0. The highest BCUT2D eigenvalue weighted by Gasteiger charge is 2.28. The molecule has 1 saturated heterocycles. The van der Waals surface area contributed by atoms with E-state index in [4.69, 9.17) is 11.6 Å². The van der Waals surface area contributed by atoms with E-state index in [2.05, 4.69) is 19.1 Å². The SMILES string of the molecule is CCc1ccc(N2CC(Cl)CC2=O)cc1. The Balaban J connectivity index is 2.19. The molecule has 1 aromatic carbocycles. The van der Waals surface area contributed by atoms with E-state index in [9.17, 15) is 4.79 Å². The van der Waals surface area contributed by atoms with E-state index in [0.29, 0.717) is 13.0 Å². The molecule has 2 nitrogen and oxygen atoms in total. The molecule has 0 bridgehead atoms. The van der Waals surface area contributed by atoms with Gasteiger partial charge < -0.3 is 4.90 Å². The molecule has 1 fully saturated rings. The van der Waals surface area contributed by atoms with Crippen LogP contribution in [-0.4, -0.2) is 17.8 Å². The fourth-order valence-electron chi connectivity index (χ4n) is 1.83. The molecule has 0 aliphatic carbocycles. The van der Waals surface area contributed by atoms with Crippen LogP contribution in [0.15, 0.2) is 24.3 Å². The number of rotatable bonds is 2. The first-order chi connectivity index (χ1) is 7.20. The highest BCUT2D eigenvalue weighted by Crippen LogP contribution is 2.24. The molecule has 1 aromatic rings. The van der Waals surface area contributed by atoms with Gasteiger partial charge >= 0.3 is 0 Å². The predicted octanol–water partition coefficient (Wildman–Crippen LogP) is 2.59. The molecule has 1 atom stereocenters. The minimum Gasteiger partial charge on any atom is -0.311 e. The van der Waals surface area contributed by atoms with E-state index in [1.807, 2.05) is 12.1 Å². The number of hydrogen-bond donors (Lipinski definition) is 0. The molecular formula is C12H14ClNO. The van der Waals surface area contributed by atoms with Gasteiger partial charge in [-0.15, -0.1) is 11.6 Å². The molecular weight excluding hydrogens is 210 g/mol. The summed E-state index contributed by atoms with van der Waals surface area (Å²) in [6.07, 6.45) is 1.48. The Kier molecular flexibility index (Phi) is 2.96. The van der Waals surface area contributed by atoms with Gasteiger partial charge in [0, 0.05) is 18.7 Å². The zero-order chi connectivity index (χ0) is 10.8. The van der Waals surface area contributed by atoms with Gasteiger partial charge in [-0.25, -0.2) is 0 Å². The second-order valence-corrected chi connectivity index (χ2v) is 4.44. The molecule has 1 aliphatic heterocycles. The van der Waals surface area contributed by atoms with Crippen LogP contribution >= 0.6 is 11.6 Å². The first-order valence-corrected chi connectivity index (χ1v) is 5.67. The number of carbonyl (C=O) groups excluding carboxylic acids is 1. The molecule has 0 N–H and O–H groups in total. The zero-order valence-corrected chi connectivity index (χ0v) is 9.50. The summed E-state index contributed by atoms with van der Waals surface area (Å²) in [6.45, 7) is 2.75. The van der Waals surface area contributed by atoms with Crippen LogP contribution in [0.25, 0.3) is 0 Å². The minimum absolute atomic E-state index is 0.0386. The summed E-state index contributed by atoms with van der Waals surface area (Å²) in [5.41, 5.74) is 2.24. The molecule has 1 unspecified atom stereocenters. The Morgan fingerprint density at radius 2 is 2.07 bits per heavy atom. The number of nitrogens with zero attached hydrogens (tertiary/aromatic N) is 1. The fourth-order valence-corrected chi connectivity index (χ4v) is 2.10. The van der Waals surface area contributed by atoms with Crippen molar-refractivity contribution in [3.63, 3.8) is 0 Å². The lowest BCUT2D eigenvalue weighted by atomic mass is 10.1. The summed E-state index contributed by atoms with van der Waals surface area (Å²) in [5.74, 6) is 0.124. The van der Waals surface area contributed by atoms with Crippen molar-refractivity contribution in [3.8, 4) is 0 Å². The van der Waals surface area contributed by atoms with Crippen molar-refractivity contribution < 1.29 is 4.79 Å². The second-order valence-electron chi connectivity index (χ2n) is 3.83. The highest BCUT2D eigenvalue weighted by atomic mass is 35.5. The van der Waals surface area contributed by atoms with Gasteiger partial charge in [0.15, 0.2) is 0 Å². The molecule has 1 aliphatic rings. The van der Waals surface area contributed by atoms with Crippen LogP contribution < -0.4 is 4.90 Å². The van der Waals surface area contributed by atoms with E-state index >= 15 is 0 Å². The summed E-state index contributed by atoms with van der Waals surface area (Å²) in [4.78, 5) is 13.3. The number of hydrogen-bond acceptors (Lipinski definition) is 1. The zero-order valence-electron chi connectivity index (χ0n) is 8.74. The fraction of sp³-hybridized carbons (Fsp3) is 0.417. The number of alkyl halides is 1. The monoisotopic (exact) mass is 223 g/mol. The predicted molar refractivity (Wildman–Crippen MR) is 62.4 cm³/mol. The van der Waals surface area contributed by atoms with Crippen LogP contribution in [-0.2, 0) is 11.2 Å². The van der Waals surface area contributed by atoms with Gasteiger partial charge in [-0.3, -0.25) is 4.79 Å². The molecule has 3 heteroatoms. The number of amides is 1. The van der Waals surface area contributed by atoms with Crippen LogP contribution in [0, 0.1) is 0 Å². The number of carbonyl (C=O) groups is 1. The van der Waals surface area contributed by atoms with Crippen molar-refractivity contribution in [2.75, 3.05) is 11.4 Å². The molecule has 1 amide bonds. The van der Waals surface area contributed by atoms with Crippen LogP contribution in [0.4, 0.5) is 5.69 Å². The van der Waals surface area contributed by atoms with Gasteiger partial charge in [-0.2, -0.15) is 0 Å². The first-order valence-electron chi connectivity index (χ1n) is 5.24. The molecule has 80 valence electrons.